The SMILES string of the molecule is C/C=C(\C)C(F)(F)F.C/C=C(\C)C(F)F.C/C=C(\C)F.CCC(C)(F)F.CCC(C)=C(F)F.CCC(C)=O.CCC(C)C(F)(F)F.CCC(C)C(F)F.CCC(C)F. The van der Waals surface area contributed by atoms with Gasteiger partial charge in [-0.05, 0) is 106 Å². The Labute approximate surface area is 339 Å². The molecule has 17 heteroatoms. The Kier molecular flexibility index (Phi) is 62.0. The third kappa shape index (κ3) is 89.9. The quantitative estimate of drug-likeness (QED) is 0.175. The maximum atomic E-state index is 11.5. The zero-order valence-corrected chi connectivity index (χ0v) is 37.8. The van der Waals surface area contributed by atoms with Gasteiger partial charge < -0.3 is 4.79 Å². The zero-order valence-electron chi connectivity index (χ0n) is 37.8. The van der Waals surface area contributed by atoms with Gasteiger partial charge in [0.2, 0.25) is 12.3 Å². The van der Waals surface area contributed by atoms with Crippen LogP contribution in [0.2, 0.25) is 0 Å². The van der Waals surface area contributed by atoms with Crippen LogP contribution in [0.3, 0.4) is 0 Å². The number of ketones is 1. The summed E-state index contributed by atoms with van der Waals surface area (Å²) in [5.41, 5.74) is -0.225. The Morgan fingerprint density at radius 2 is 0.931 bits per heavy atom. The van der Waals surface area contributed by atoms with Gasteiger partial charge in [-0.25, -0.2) is 35.1 Å². The van der Waals surface area contributed by atoms with Gasteiger partial charge in [-0.1, -0.05) is 73.6 Å². The standard InChI is InChI=1S/C5H9F3.C5H7F3.C5H10F2.2C5H8F2.C4H8F2.C4H9F.C4H7F.C4H8O/c2*1-3-4(2)5(6,7)8;3*1-3-4(2)5(6)7;1-3-4(2,5)6;3*1-3-4(2)5/h4H,3H2,1-2H3;3H,1-2H3;4-5H,3H2,1-2H3;3H2,1-2H3;3,5H,1-2H3;3H2,1-2H3;4H,3H2,1-2H3;3H,1-2H3;3H2,1-2H3/b;4-3+;;;4-3+;;;4-3+;. The second-order valence-corrected chi connectivity index (χ2v) is 12.3. The highest BCUT2D eigenvalue weighted by Gasteiger charge is 2.34. The molecule has 356 valence electrons. The topological polar surface area (TPSA) is 17.1 Å². The van der Waals surface area contributed by atoms with Crippen molar-refractivity contribution >= 4 is 5.78 Å². The lowest BCUT2D eigenvalue weighted by Crippen LogP contribution is -2.18. The van der Waals surface area contributed by atoms with E-state index < -0.39 is 60.8 Å². The van der Waals surface area contributed by atoms with Crippen LogP contribution in [-0.4, -0.2) is 43.1 Å². The number of alkyl halides is 13. The number of hydrogen-bond acceptors (Lipinski definition) is 1. The minimum Gasteiger partial charge on any atom is -0.300 e. The first-order valence-electron chi connectivity index (χ1n) is 18.6. The highest BCUT2D eigenvalue weighted by Crippen LogP contribution is 2.27. The van der Waals surface area contributed by atoms with Crippen molar-refractivity contribution in [2.24, 2.45) is 11.8 Å². The molecule has 0 aliphatic rings. The van der Waals surface area contributed by atoms with Gasteiger partial charge in [0.15, 0.2) is 0 Å². The number of Topliss-reactive ketones (excluding diaryl/α,β-unsaturated/α-hetero) is 1. The Morgan fingerprint density at radius 3 is 0.931 bits per heavy atom. The summed E-state index contributed by atoms with van der Waals surface area (Å²) in [4.78, 5) is 9.81. The van der Waals surface area contributed by atoms with Crippen LogP contribution in [0.1, 0.15) is 163 Å². The van der Waals surface area contributed by atoms with Crippen molar-refractivity contribution < 1.29 is 75.0 Å². The molecule has 0 aromatic heterocycles. The monoisotopic (exact) mass is 887 g/mol. The fourth-order valence-corrected chi connectivity index (χ4v) is 0.833. The molecule has 0 fully saturated rings. The van der Waals surface area contributed by atoms with Gasteiger partial charge in [0.25, 0.3) is 12.5 Å². The molecule has 0 saturated carbocycles. The smallest absolute Gasteiger partial charge is 0.300 e. The van der Waals surface area contributed by atoms with Crippen LogP contribution in [0.5, 0.6) is 0 Å². The third-order valence-electron chi connectivity index (χ3n) is 6.86. The molecule has 0 saturated heterocycles. The summed E-state index contributed by atoms with van der Waals surface area (Å²) in [5.74, 6) is -3.91. The van der Waals surface area contributed by atoms with Crippen molar-refractivity contribution in [2.75, 3.05) is 0 Å². The zero-order chi connectivity index (χ0) is 49.2. The van der Waals surface area contributed by atoms with Crippen LogP contribution in [0.4, 0.5) is 70.2 Å². The van der Waals surface area contributed by atoms with E-state index in [1.165, 1.54) is 60.6 Å². The molecule has 0 heterocycles. The fourth-order valence-electron chi connectivity index (χ4n) is 0.833. The number of carbonyl (C=O) groups is 1. The second kappa shape index (κ2) is 47.2. The molecular weight excluding hydrogens is 812 g/mol. The van der Waals surface area contributed by atoms with Gasteiger partial charge in [0, 0.05) is 24.3 Å². The van der Waals surface area contributed by atoms with E-state index in [1.807, 2.05) is 13.8 Å². The summed E-state index contributed by atoms with van der Waals surface area (Å²) in [6, 6.07) is 0. The van der Waals surface area contributed by atoms with E-state index in [1.54, 1.807) is 48.5 Å². The van der Waals surface area contributed by atoms with E-state index in [2.05, 4.69) is 0 Å². The minimum atomic E-state index is -4.13. The first kappa shape index (κ1) is 76.2. The van der Waals surface area contributed by atoms with Gasteiger partial charge in [0.1, 0.15) is 5.78 Å². The Balaban J connectivity index is -0.0000000669. The molecule has 0 aliphatic carbocycles. The molecule has 0 spiro atoms. The summed E-state index contributed by atoms with van der Waals surface area (Å²) in [5, 5.41) is 0. The maximum absolute atomic E-state index is 11.5. The number of carbonyl (C=O) groups excluding carboxylic acids is 1. The molecule has 3 atom stereocenters. The summed E-state index contributed by atoms with van der Waals surface area (Å²) in [7, 11) is 0. The van der Waals surface area contributed by atoms with Crippen molar-refractivity contribution in [2.45, 2.75) is 200 Å². The molecule has 0 amide bonds. The molecule has 3 unspecified atom stereocenters. The minimum absolute atomic E-state index is 0.0625. The largest absolute Gasteiger partial charge is 0.412 e. The lowest BCUT2D eigenvalue weighted by atomic mass is 10.1. The predicted octanol–water partition coefficient (Wildman–Crippen LogP) is 18.9. The molecule has 0 rings (SSSR count). The van der Waals surface area contributed by atoms with Crippen molar-refractivity contribution in [1.82, 2.24) is 0 Å². The Hall–Kier alpha value is -2.49. The average molecular weight is 887 g/mol. The molecule has 0 bridgehead atoms. The molecular formula is C41H74F16O. The molecule has 58 heavy (non-hydrogen) atoms. The van der Waals surface area contributed by atoms with Gasteiger partial charge in [-0.2, -0.15) is 35.1 Å². The molecule has 0 radical (unpaired) electrons. The lowest BCUT2D eigenvalue weighted by molar-refractivity contribution is -0.170. The van der Waals surface area contributed by atoms with Crippen LogP contribution < -0.4 is 0 Å². The number of allylic oxidation sites excluding steroid dienone is 7. The summed E-state index contributed by atoms with van der Waals surface area (Å²) < 4.78 is 182. The van der Waals surface area contributed by atoms with Crippen molar-refractivity contribution in [3.05, 3.63) is 46.9 Å². The van der Waals surface area contributed by atoms with Crippen molar-refractivity contribution in [3.63, 3.8) is 0 Å². The van der Waals surface area contributed by atoms with Crippen LogP contribution in [-0.2, 0) is 4.79 Å². The molecule has 0 aromatic rings. The average Bonchev–Trinajstić information content (AvgIpc) is 3.13. The van der Waals surface area contributed by atoms with E-state index in [0.717, 1.165) is 19.9 Å². The Morgan fingerprint density at radius 1 is 0.603 bits per heavy atom. The number of hydrogen-bond donors (Lipinski definition) is 0. The van der Waals surface area contributed by atoms with Crippen LogP contribution in [0.15, 0.2) is 46.9 Å². The summed E-state index contributed by atoms with van der Waals surface area (Å²) in [6.45, 7) is 26.8. The normalized spacial score (nSPS) is 12.9. The summed E-state index contributed by atoms with van der Waals surface area (Å²) in [6.07, 6.45) is -8.39. The number of rotatable bonds is 8. The first-order valence-corrected chi connectivity index (χ1v) is 18.6. The molecule has 0 N–H and O–H groups in total. The van der Waals surface area contributed by atoms with Crippen molar-refractivity contribution in [1.29, 1.82) is 0 Å². The first-order chi connectivity index (χ1) is 25.9. The van der Waals surface area contributed by atoms with E-state index in [0.29, 0.717) is 25.7 Å². The fraction of sp³-hybridized carbons (Fsp3) is 0.780. The van der Waals surface area contributed by atoms with E-state index in [9.17, 15) is 75.0 Å². The lowest BCUT2D eigenvalue weighted by Gasteiger charge is -2.11. The van der Waals surface area contributed by atoms with Crippen LogP contribution >= 0.6 is 0 Å². The summed E-state index contributed by atoms with van der Waals surface area (Å²) >= 11 is 0. The molecule has 1 nitrogen and oxygen atoms in total. The van der Waals surface area contributed by atoms with Crippen LogP contribution in [0.25, 0.3) is 0 Å². The third-order valence-corrected chi connectivity index (χ3v) is 6.86. The highest BCUT2D eigenvalue weighted by molar-refractivity contribution is 5.74. The Bertz CT molecular complexity index is 995. The van der Waals surface area contributed by atoms with E-state index >= 15 is 0 Å². The van der Waals surface area contributed by atoms with E-state index in [-0.39, 0.29) is 35.6 Å². The van der Waals surface area contributed by atoms with Crippen molar-refractivity contribution in [3.8, 4) is 0 Å². The highest BCUT2D eigenvalue weighted by atomic mass is 19.4. The van der Waals surface area contributed by atoms with Gasteiger partial charge >= 0.3 is 12.4 Å². The van der Waals surface area contributed by atoms with Gasteiger partial charge in [-0.15, -0.1) is 0 Å². The van der Waals surface area contributed by atoms with E-state index in [4.69, 9.17) is 0 Å². The predicted molar refractivity (Wildman–Crippen MR) is 210 cm³/mol. The van der Waals surface area contributed by atoms with Crippen LogP contribution in [0, 0.1) is 11.8 Å². The molecule has 0 aromatic carbocycles. The number of halogens is 16. The molecule has 0 aliphatic heterocycles. The van der Waals surface area contributed by atoms with Gasteiger partial charge in [-0.3, -0.25) is 0 Å². The van der Waals surface area contributed by atoms with Gasteiger partial charge in [0.05, 0.1) is 17.9 Å². The maximum Gasteiger partial charge on any atom is 0.412 e. The second-order valence-electron chi connectivity index (χ2n) is 12.3.